The fraction of sp³-hybridized carbons (Fsp3) is 0.438. The van der Waals surface area contributed by atoms with Crippen molar-refractivity contribution in [1.29, 1.82) is 0 Å². The van der Waals surface area contributed by atoms with Gasteiger partial charge in [-0.15, -0.1) is 0 Å². The van der Waals surface area contributed by atoms with Gasteiger partial charge in [0.25, 0.3) is 0 Å². The van der Waals surface area contributed by atoms with Gasteiger partial charge in [0.2, 0.25) is 5.91 Å². The van der Waals surface area contributed by atoms with Gasteiger partial charge in [0.15, 0.2) is 5.11 Å². The van der Waals surface area contributed by atoms with Gasteiger partial charge in [0, 0.05) is 38.8 Å². The molecule has 0 aromatic heterocycles. The van der Waals surface area contributed by atoms with Crippen molar-refractivity contribution in [2.45, 2.75) is 13.3 Å². The predicted octanol–water partition coefficient (Wildman–Crippen LogP) is 1.72. The first kappa shape index (κ1) is 17.2. The first-order valence-electron chi connectivity index (χ1n) is 7.51. The second-order valence-electron chi connectivity index (χ2n) is 5.35. The monoisotopic (exact) mass is 335 g/mol. The van der Waals surface area contributed by atoms with Gasteiger partial charge in [-0.25, -0.2) is 4.79 Å². The van der Waals surface area contributed by atoms with E-state index in [1.165, 1.54) is 7.11 Å². The second-order valence-corrected chi connectivity index (χ2v) is 5.73. The first-order chi connectivity index (χ1) is 11.0. The minimum absolute atomic E-state index is 0.101. The van der Waals surface area contributed by atoms with Crippen LogP contribution in [0.5, 0.6) is 0 Å². The first-order valence-corrected chi connectivity index (χ1v) is 7.92. The summed E-state index contributed by atoms with van der Waals surface area (Å²) >= 11 is 5.45. The van der Waals surface area contributed by atoms with Crippen molar-refractivity contribution >= 4 is 34.9 Å². The van der Waals surface area contributed by atoms with Crippen LogP contribution < -0.4 is 5.32 Å². The third-order valence-corrected chi connectivity index (χ3v) is 4.15. The lowest BCUT2D eigenvalue weighted by atomic mass is 10.2. The fourth-order valence-corrected chi connectivity index (χ4v) is 2.75. The molecule has 1 N–H and O–H groups in total. The molecule has 7 heteroatoms. The largest absolute Gasteiger partial charge is 0.465 e. The lowest BCUT2D eigenvalue weighted by molar-refractivity contribution is -0.128. The molecule has 1 aromatic rings. The minimum Gasteiger partial charge on any atom is -0.465 e. The Labute approximate surface area is 141 Å². The van der Waals surface area contributed by atoms with Gasteiger partial charge >= 0.3 is 5.97 Å². The summed E-state index contributed by atoms with van der Waals surface area (Å²) in [4.78, 5) is 26.8. The van der Waals surface area contributed by atoms with Crippen molar-refractivity contribution in [3.8, 4) is 0 Å². The number of hydrogen-bond donors (Lipinski definition) is 1. The van der Waals surface area contributed by atoms with E-state index in [-0.39, 0.29) is 11.9 Å². The van der Waals surface area contributed by atoms with Gasteiger partial charge in [-0.3, -0.25) is 4.79 Å². The van der Waals surface area contributed by atoms with Gasteiger partial charge < -0.3 is 19.9 Å². The molecule has 1 aromatic carbocycles. The van der Waals surface area contributed by atoms with E-state index in [0.717, 1.165) is 25.2 Å². The smallest absolute Gasteiger partial charge is 0.337 e. The van der Waals surface area contributed by atoms with Crippen LogP contribution in [0.2, 0.25) is 0 Å². The van der Waals surface area contributed by atoms with Crippen LogP contribution in [0.25, 0.3) is 0 Å². The Morgan fingerprint density at radius 1 is 1.09 bits per heavy atom. The van der Waals surface area contributed by atoms with E-state index in [9.17, 15) is 9.59 Å². The lowest BCUT2D eigenvalue weighted by Crippen LogP contribution is -2.38. The Hall–Kier alpha value is -2.15. The minimum atomic E-state index is -0.365. The molecule has 0 atom stereocenters. The number of hydrogen-bond acceptors (Lipinski definition) is 4. The molecule has 1 aliphatic rings. The summed E-state index contributed by atoms with van der Waals surface area (Å²) in [5.41, 5.74) is 1.31. The molecule has 1 aliphatic heterocycles. The number of carbonyl (C=O) groups is 2. The molecule has 1 saturated heterocycles. The van der Waals surface area contributed by atoms with E-state index in [1.54, 1.807) is 31.2 Å². The van der Waals surface area contributed by atoms with Crippen molar-refractivity contribution < 1.29 is 14.3 Å². The number of benzene rings is 1. The van der Waals surface area contributed by atoms with Gasteiger partial charge in [-0.1, -0.05) is 0 Å². The summed E-state index contributed by atoms with van der Waals surface area (Å²) in [5.74, 6) is -0.264. The molecule has 1 amide bonds. The summed E-state index contributed by atoms with van der Waals surface area (Å²) < 4.78 is 4.67. The highest BCUT2D eigenvalue weighted by atomic mass is 32.1. The average molecular weight is 335 g/mol. The highest BCUT2D eigenvalue weighted by Gasteiger charge is 2.18. The second kappa shape index (κ2) is 7.92. The van der Waals surface area contributed by atoms with Crippen molar-refractivity contribution in [1.82, 2.24) is 9.80 Å². The maximum Gasteiger partial charge on any atom is 0.337 e. The van der Waals surface area contributed by atoms with Crippen molar-refractivity contribution in [2.24, 2.45) is 0 Å². The molecule has 1 heterocycles. The number of ether oxygens (including phenoxy) is 1. The van der Waals surface area contributed by atoms with Crippen LogP contribution in [0.3, 0.4) is 0 Å². The van der Waals surface area contributed by atoms with Gasteiger partial charge in [-0.2, -0.15) is 0 Å². The molecule has 6 nitrogen and oxygen atoms in total. The highest BCUT2D eigenvalue weighted by molar-refractivity contribution is 7.80. The number of carbonyl (C=O) groups excluding carboxylic acids is 2. The van der Waals surface area contributed by atoms with Crippen LogP contribution in [0, 0.1) is 0 Å². The summed E-state index contributed by atoms with van der Waals surface area (Å²) in [6.45, 7) is 4.57. The fourth-order valence-electron chi connectivity index (χ4n) is 2.45. The normalized spacial score (nSPS) is 14.9. The van der Waals surface area contributed by atoms with Crippen molar-refractivity contribution in [2.75, 3.05) is 38.6 Å². The summed E-state index contributed by atoms with van der Waals surface area (Å²) in [5, 5.41) is 3.80. The van der Waals surface area contributed by atoms with Gasteiger partial charge in [0.05, 0.1) is 12.7 Å². The Bertz CT molecular complexity index is 589. The summed E-state index contributed by atoms with van der Waals surface area (Å²) in [6, 6.07) is 6.96. The number of anilines is 1. The summed E-state index contributed by atoms with van der Waals surface area (Å²) in [7, 11) is 1.35. The topological polar surface area (TPSA) is 61.9 Å². The molecular weight excluding hydrogens is 314 g/mol. The number of nitrogens with one attached hydrogen (secondary N) is 1. The molecule has 0 saturated carbocycles. The molecule has 0 unspecified atom stereocenters. The predicted molar refractivity (Wildman–Crippen MR) is 92.4 cm³/mol. The lowest BCUT2D eigenvalue weighted by Gasteiger charge is -2.24. The number of methoxy groups -OCH3 is 1. The van der Waals surface area contributed by atoms with E-state index in [1.807, 2.05) is 4.90 Å². The molecular formula is C16H21N3O3S. The number of amides is 1. The number of rotatable bonds is 2. The zero-order valence-corrected chi connectivity index (χ0v) is 14.2. The Balaban J connectivity index is 1.93. The van der Waals surface area contributed by atoms with Crippen LogP contribution >= 0.6 is 12.2 Å². The quantitative estimate of drug-likeness (QED) is 0.656. The van der Waals surface area contributed by atoms with E-state index in [4.69, 9.17) is 12.2 Å². The Morgan fingerprint density at radius 2 is 1.70 bits per heavy atom. The van der Waals surface area contributed by atoms with Crippen LogP contribution in [-0.2, 0) is 9.53 Å². The number of thiocarbonyl (C=S) groups is 1. The Kier molecular flexibility index (Phi) is 5.92. The zero-order chi connectivity index (χ0) is 16.8. The number of nitrogens with zero attached hydrogens (tertiary/aromatic N) is 2. The molecule has 0 aliphatic carbocycles. The highest BCUT2D eigenvalue weighted by Crippen LogP contribution is 2.12. The third-order valence-electron chi connectivity index (χ3n) is 3.79. The van der Waals surface area contributed by atoms with Crippen molar-refractivity contribution in [3.05, 3.63) is 29.8 Å². The van der Waals surface area contributed by atoms with Crippen molar-refractivity contribution in [3.63, 3.8) is 0 Å². The molecule has 0 radical (unpaired) electrons. The van der Waals surface area contributed by atoms with E-state index < -0.39 is 0 Å². The molecule has 2 rings (SSSR count). The van der Waals surface area contributed by atoms with E-state index in [2.05, 4.69) is 15.0 Å². The molecule has 1 fully saturated rings. The van der Waals surface area contributed by atoms with Gasteiger partial charge in [0.1, 0.15) is 0 Å². The average Bonchev–Trinajstić information content (AvgIpc) is 2.81. The Morgan fingerprint density at radius 3 is 2.30 bits per heavy atom. The van der Waals surface area contributed by atoms with Crippen LogP contribution in [0.15, 0.2) is 24.3 Å². The molecule has 0 bridgehead atoms. The number of esters is 1. The molecule has 0 spiro atoms. The SMILES string of the molecule is COC(=O)c1ccc(NC(=S)N2CCCN(C(C)=O)CC2)cc1. The maximum atomic E-state index is 11.5. The van der Waals surface area contributed by atoms with Crippen LogP contribution in [-0.4, -0.2) is 60.1 Å². The third kappa shape index (κ3) is 4.66. The zero-order valence-electron chi connectivity index (χ0n) is 13.4. The molecule has 124 valence electrons. The molecule has 23 heavy (non-hydrogen) atoms. The summed E-state index contributed by atoms with van der Waals surface area (Å²) in [6.07, 6.45) is 0.892. The van der Waals surface area contributed by atoms with E-state index >= 15 is 0 Å². The van der Waals surface area contributed by atoms with Crippen LogP contribution in [0.4, 0.5) is 5.69 Å². The standard InChI is InChI=1S/C16H21N3O3S/c1-12(20)18-8-3-9-19(11-10-18)16(23)17-14-6-4-13(5-7-14)15(21)22-2/h4-7H,3,8-11H2,1-2H3,(H,17,23). The van der Waals surface area contributed by atoms with Crippen LogP contribution in [0.1, 0.15) is 23.7 Å². The maximum absolute atomic E-state index is 11.5. The van der Waals surface area contributed by atoms with Gasteiger partial charge in [-0.05, 0) is 42.9 Å². The van der Waals surface area contributed by atoms with E-state index in [0.29, 0.717) is 23.8 Å².